The molecule has 0 aliphatic carbocycles. The molecule has 0 N–H and O–H groups in total. The number of carbonyl (C=O) groups is 1. The molecule has 1 amide bonds. The van der Waals surface area contributed by atoms with Crippen LogP contribution in [0, 0.1) is 12.8 Å². The summed E-state index contributed by atoms with van der Waals surface area (Å²) in [5.74, 6) is 0.834. The molecule has 3 aliphatic rings. The standard InChI is InChI=1S/C29H33N3O2/c1-20-26(7-4-8-28(20)31-11-13-34-14-12-31)29(33)32-24-9-10-25(32)17-21(16-24)15-23-19-30-18-22-5-2-3-6-27(22)23/h2-8,18-19,21,24-25H,9-17H2,1H3/t24-,25-/m0/s1. The van der Waals surface area contributed by atoms with Gasteiger partial charge in [-0.15, -0.1) is 0 Å². The molecule has 3 saturated heterocycles. The number of hydrogen-bond acceptors (Lipinski definition) is 4. The van der Waals surface area contributed by atoms with E-state index in [2.05, 4.69) is 52.0 Å². The molecule has 3 aromatic rings. The molecule has 0 spiro atoms. The number of carbonyl (C=O) groups excluding carboxylic acids is 1. The fraction of sp³-hybridized carbons (Fsp3) is 0.448. The summed E-state index contributed by atoms with van der Waals surface area (Å²) in [5.41, 5.74) is 4.51. The fourth-order valence-electron chi connectivity index (χ4n) is 6.58. The largest absolute Gasteiger partial charge is 0.378 e. The van der Waals surface area contributed by atoms with Crippen LogP contribution in [0.2, 0.25) is 0 Å². The molecule has 1 aromatic heterocycles. The lowest BCUT2D eigenvalue weighted by Crippen LogP contribution is -2.47. The molecule has 2 aromatic carbocycles. The smallest absolute Gasteiger partial charge is 0.254 e. The first-order valence-electron chi connectivity index (χ1n) is 12.8. The van der Waals surface area contributed by atoms with E-state index in [-0.39, 0.29) is 5.91 Å². The Morgan fingerprint density at radius 1 is 1.00 bits per heavy atom. The van der Waals surface area contributed by atoms with Crippen molar-refractivity contribution in [2.24, 2.45) is 5.92 Å². The Labute approximate surface area is 201 Å². The molecule has 5 heteroatoms. The molecule has 6 rings (SSSR count). The maximum absolute atomic E-state index is 13.8. The Hall–Kier alpha value is -2.92. The van der Waals surface area contributed by atoms with Crippen LogP contribution in [-0.4, -0.2) is 54.2 Å². The van der Waals surface area contributed by atoms with Crippen LogP contribution in [0.3, 0.4) is 0 Å². The Morgan fingerprint density at radius 2 is 1.76 bits per heavy atom. The number of pyridine rings is 1. The Balaban J connectivity index is 1.20. The van der Waals surface area contributed by atoms with Gasteiger partial charge in [0.05, 0.1) is 13.2 Å². The number of amides is 1. The molecular weight excluding hydrogens is 422 g/mol. The van der Waals surface area contributed by atoms with Crippen LogP contribution in [0.15, 0.2) is 54.9 Å². The Morgan fingerprint density at radius 3 is 2.56 bits per heavy atom. The van der Waals surface area contributed by atoms with Crippen LogP contribution in [-0.2, 0) is 11.2 Å². The number of rotatable bonds is 4. The molecule has 2 bridgehead atoms. The molecule has 2 atom stereocenters. The van der Waals surface area contributed by atoms with Crippen LogP contribution in [0.1, 0.15) is 47.2 Å². The van der Waals surface area contributed by atoms with Crippen molar-refractivity contribution in [3.05, 3.63) is 71.5 Å². The minimum atomic E-state index is 0.227. The third-order valence-electron chi connectivity index (χ3n) is 8.21. The minimum Gasteiger partial charge on any atom is -0.378 e. The van der Waals surface area contributed by atoms with Gasteiger partial charge in [0.1, 0.15) is 0 Å². The molecule has 34 heavy (non-hydrogen) atoms. The van der Waals surface area contributed by atoms with Crippen LogP contribution in [0.25, 0.3) is 10.8 Å². The maximum Gasteiger partial charge on any atom is 0.254 e. The number of hydrogen-bond donors (Lipinski definition) is 0. The maximum atomic E-state index is 13.8. The molecule has 5 nitrogen and oxygen atoms in total. The highest BCUT2D eigenvalue weighted by Crippen LogP contribution is 2.41. The number of morpholine rings is 1. The van der Waals surface area contributed by atoms with Gasteiger partial charge in [-0.25, -0.2) is 0 Å². The summed E-state index contributed by atoms with van der Waals surface area (Å²) in [6.45, 7) is 5.39. The van der Waals surface area contributed by atoms with E-state index in [1.807, 2.05) is 24.5 Å². The molecular formula is C29H33N3O2. The quantitative estimate of drug-likeness (QED) is 0.555. The number of aromatic nitrogens is 1. The van der Waals surface area contributed by atoms with Gasteiger partial charge in [-0.05, 0) is 73.6 Å². The van der Waals surface area contributed by atoms with Crippen LogP contribution in [0.5, 0.6) is 0 Å². The summed E-state index contributed by atoms with van der Waals surface area (Å²) in [7, 11) is 0. The lowest BCUT2D eigenvalue weighted by molar-refractivity contribution is 0.0524. The molecule has 0 saturated carbocycles. The monoisotopic (exact) mass is 455 g/mol. The van der Waals surface area contributed by atoms with E-state index in [4.69, 9.17) is 4.74 Å². The Bertz CT molecular complexity index is 1180. The molecule has 0 unspecified atom stereocenters. The predicted octanol–water partition coefficient (Wildman–Crippen LogP) is 5.01. The summed E-state index contributed by atoms with van der Waals surface area (Å²) in [5, 5.41) is 2.53. The van der Waals surface area contributed by atoms with E-state index in [0.29, 0.717) is 18.0 Å². The van der Waals surface area contributed by atoms with E-state index in [1.54, 1.807) is 0 Å². The summed E-state index contributed by atoms with van der Waals surface area (Å²) < 4.78 is 5.53. The third kappa shape index (κ3) is 3.86. The van der Waals surface area contributed by atoms with E-state index in [1.165, 1.54) is 22.0 Å². The van der Waals surface area contributed by atoms with E-state index in [0.717, 1.165) is 69.5 Å². The zero-order valence-electron chi connectivity index (χ0n) is 20.0. The van der Waals surface area contributed by atoms with Crippen molar-refractivity contribution in [3.8, 4) is 0 Å². The summed E-state index contributed by atoms with van der Waals surface area (Å²) in [6, 6.07) is 15.5. The van der Waals surface area contributed by atoms with Gasteiger partial charge >= 0.3 is 0 Å². The van der Waals surface area contributed by atoms with Crippen LogP contribution < -0.4 is 4.90 Å². The number of piperidine rings is 1. The van der Waals surface area contributed by atoms with Gasteiger partial charge in [-0.2, -0.15) is 0 Å². The summed E-state index contributed by atoms with van der Waals surface area (Å²) in [6.07, 6.45) is 9.49. The van der Waals surface area contributed by atoms with Gasteiger partial charge in [-0.1, -0.05) is 30.3 Å². The second-order valence-corrected chi connectivity index (χ2v) is 10.2. The molecule has 3 aliphatic heterocycles. The van der Waals surface area contributed by atoms with Gasteiger partial charge in [0.15, 0.2) is 0 Å². The van der Waals surface area contributed by atoms with Crippen molar-refractivity contribution in [2.75, 3.05) is 31.2 Å². The van der Waals surface area contributed by atoms with Gasteiger partial charge < -0.3 is 14.5 Å². The Kier molecular flexibility index (Phi) is 5.74. The normalized spacial score (nSPS) is 24.6. The lowest BCUT2D eigenvalue weighted by atomic mass is 9.84. The number of ether oxygens (including phenoxy) is 1. The highest BCUT2D eigenvalue weighted by atomic mass is 16.5. The van der Waals surface area contributed by atoms with E-state index >= 15 is 0 Å². The number of nitrogens with zero attached hydrogens (tertiary/aromatic N) is 3. The number of fused-ring (bicyclic) bond motifs is 3. The zero-order chi connectivity index (χ0) is 23.1. The first-order valence-corrected chi connectivity index (χ1v) is 12.8. The summed E-state index contributed by atoms with van der Waals surface area (Å²) >= 11 is 0. The van der Waals surface area contributed by atoms with Gasteiger partial charge in [0.25, 0.3) is 5.91 Å². The lowest BCUT2D eigenvalue weighted by Gasteiger charge is -2.40. The number of benzene rings is 2. The van der Waals surface area contributed by atoms with Crippen molar-refractivity contribution in [3.63, 3.8) is 0 Å². The highest BCUT2D eigenvalue weighted by Gasteiger charge is 2.43. The predicted molar refractivity (Wildman–Crippen MR) is 135 cm³/mol. The van der Waals surface area contributed by atoms with Gasteiger partial charge in [-0.3, -0.25) is 9.78 Å². The first kappa shape index (κ1) is 21.6. The average molecular weight is 456 g/mol. The van der Waals surface area contributed by atoms with Gasteiger partial charge in [0, 0.05) is 54.2 Å². The minimum absolute atomic E-state index is 0.227. The highest BCUT2D eigenvalue weighted by molar-refractivity contribution is 5.97. The van der Waals surface area contributed by atoms with E-state index < -0.39 is 0 Å². The van der Waals surface area contributed by atoms with Crippen LogP contribution in [0.4, 0.5) is 5.69 Å². The van der Waals surface area contributed by atoms with E-state index in [9.17, 15) is 4.79 Å². The molecule has 4 heterocycles. The topological polar surface area (TPSA) is 45.7 Å². The second-order valence-electron chi connectivity index (χ2n) is 10.2. The first-order chi connectivity index (χ1) is 16.7. The zero-order valence-corrected chi connectivity index (χ0v) is 20.0. The molecule has 176 valence electrons. The number of anilines is 1. The second kappa shape index (κ2) is 9.03. The SMILES string of the molecule is Cc1c(C(=O)N2[C@H]3CC[C@H]2CC(Cc2cncc4ccccc24)C3)cccc1N1CCOCC1. The molecule has 0 radical (unpaired) electrons. The van der Waals surface area contributed by atoms with Crippen molar-refractivity contribution >= 4 is 22.4 Å². The average Bonchev–Trinajstić information content (AvgIpc) is 3.14. The van der Waals surface area contributed by atoms with Crippen molar-refractivity contribution in [1.29, 1.82) is 0 Å². The van der Waals surface area contributed by atoms with Crippen LogP contribution >= 0.6 is 0 Å². The molecule has 3 fully saturated rings. The van der Waals surface area contributed by atoms with Crippen molar-refractivity contribution < 1.29 is 9.53 Å². The van der Waals surface area contributed by atoms with Crippen molar-refractivity contribution in [2.45, 2.75) is 51.1 Å². The fourth-order valence-corrected chi connectivity index (χ4v) is 6.58. The van der Waals surface area contributed by atoms with Gasteiger partial charge in [0.2, 0.25) is 0 Å². The summed E-state index contributed by atoms with van der Waals surface area (Å²) in [4.78, 5) is 22.9. The third-order valence-corrected chi connectivity index (χ3v) is 8.21. The van der Waals surface area contributed by atoms with Crippen molar-refractivity contribution in [1.82, 2.24) is 9.88 Å².